The van der Waals surface area contributed by atoms with Gasteiger partial charge in [-0.3, -0.25) is 14.7 Å². The lowest BCUT2D eigenvalue weighted by molar-refractivity contribution is -0.143. The van der Waals surface area contributed by atoms with Gasteiger partial charge in [0.1, 0.15) is 18.8 Å². The van der Waals surface area contributed by atoms with Gasteiger partial charge in [0, 0.05) is 18.8 Å². The standard InChI is InChI=1S/C27H29F4N7O4/c1-26(2,42)23(28)12-34-24(39)19-11-33-21(22-4-3-18-7-16(9-32)10-35-38(18)22)8-20(19)36-17-5-15(6-17)13-37(25(40)41)14-27(29,30)31/h3-4,7-8,10-11,15,17,23,42H,5-6,12-14H2,1-2H3,(H,33,36)(H,34,39)(H,40,41)/t15?,17?,23-/m1/s1. The summed E-state index contributed by atoms with van der Waals surface area (Å²) in [5, 5.41) is 38.1. The number of fused-ring (bicyclic) bond motifs is 1. The molecule has 3 aromatic heterocycles. The zero-order valence-electron chi connectivity index (χ0n) is 22.7. The predicted molar refractivity (Wildman–Crippen MR) is 142 cm³/mol. The van der Waals surface area contributed by atoms with Crippen LogP contribution in [-0.4, -0.2) is 85.3 Å². The molecular weight excluding hydrogens is 562 g/mol. The van der Waals surface area contributed by atoms with E-state index in [1.165, 1.54) is 26.2 Å². The second kappa shape index (κ2) is 11.8. The van der Waals surface area contributed by atoms with Gasteiger partial charge in [0.2, 0.25) is 0 Å². The number of rotatable bonds is 10. The molecule has 0 unspecified atom stereocenters. The Morgan fingerprint density at radius 3 is 2.57 bits per heavy atom. The molecule has 224 valence electrons. The number of carboxylic acid groups (broad SMARTS) is 1. The summed E-state index contributed by atoms with van der Waals surface area (Å²) < 4.78 is 54.2. The number of alkyl halides is 4. The molecular formula is C27H29F4N7O4. The molecule has 11 nitrogen and oxygen atoms in total. The third-order valence-corrected chi connectivity index (χ3v) is 6.96. The number of amides is 2. The Labute approximate surface area is 237 Å². The van der Waals surface area contributed by atoms with Crippen molar-refractivity contribution in [3.05, 3.63) is 47.8 Å². The topological polar surface area (TPSA) is 156 Å². The molecule has 0 aromatic carbocycles. The molecule has 1 atom stereocenters. The number of aromatic nitrogens is 3. The number of nitrogens with one attached hydrogen (secondary N) is 2. The first-order valence-corrected chi connectivity index (χ1v) is 13.0. The number of hydrogen-bond donors (Lipinski definition) is 4. The monoisotopic (exact) mass is 591 g/mol. The highest BCUT2D eigenvalue weighted by Crippen LogP contribution is 2.34. The number of pyridine rings is 1. The lowest BCUT2D eigenvalue weighted by atomic mass is 9.79. The first kappa shape index (κ1) is 30.5. The molecule has 1 aliphatic rings. The molecule has 0 radical (unpaired) electrons. The third kappa shape index (κ3) is 7.24. The maximum atomic E-state index is 14.3. The van der Waals surface area contributed by atoms with Crippen LogP contribution in [0.3, 0.4) is 0 Å². The summed E-state index contributed by atoms with van der Waals surface area (Å²) in [7, 11) is 0. The van der Waals surface area contributed by atoms with Crippen molar-refractivity contribution in [1.82, 2.24) is 24.8 Å². The average molecular weight is 592 g/mol. The van der Waals surface area contributed by atoms with Crippen LogP contribution in [0.25, 0.3) is 16.9 Å². The lowest BCUT2D eigenvalue weighted by Gasteiger charge is -2.39. The summed E-state index contributed by atoms with van der Waals surface area (Å²) in [4.78, 5) is 29.0. The summed E-state index contributed by atoms with van der Waals surface area (Å²) in [5.41, 5.74) is 0.648. The molecule has 1 saturated carbocycles. The Morgan fingerprint density at radius 1 is 1.24 bits per heavy atom. The minimum Gasteiger partial charge on any atom is -0.465 e. The molecule has 15 heteroatoms. The second-order valence-corrected chi connectivity index (χ2v) is 10.8. The van der Waals surface area contributed by atoms with Gasteiger partial charge in [-0.25, -0.2) is 13.7 Å². The number of nitrogens with zero attached hydrogens (tertiary/aromatic N) is 5. The third-order valence-electron chi connectivity index (χ3n) is 6.96. The fourth-order valence-electron chi connectivity index (χ4n) is 4.64. The van der Waals surface area contributed by atoms with E-state index in [1.54, 1.807) is 28.8 Å². The van der Waals surface area contributed by atoms with Crippen molar-refractivity contribution in [3.63, 3.8) is 0 Å². The van der Waals surface area contributed by atoms with E-state index in [9.17, 15) is 32.3 Å². The van der Waals surface area contributed by atoms with Crippen molar-refractivity contribution >= 4 is 23.2 Å². The Kier molecular flexibility index (Phi) is 8.58. The number of aliphatic hydroxyl groups is 1. The molecule has 4 N–H and O–H groups in total. The van der Waals surface area contributed by atoms with Crippen molar-refractivity contribution in [2.75, 3.05) is 25.0 Å². The van der Waals surface area contributed by atoms with Gasteiger partial charge < -0.3 is 20.8 Å². The largest absolute Gasteiger partial charge is 0.465 e. The van der Waals surface area contributed by atoms with Crippen LogP contribution >= 0.6 is 0 Å². The minimum atomic E-state index is -4.66. The van der Waals surface area contributed by atoms with Gasteiger partial charge in [-0.2, -0.15) is 23.5 Å². The van der Waals surface area contributed by atoms with E-state index >= 15 is 0 Å². The fourth-order valence-corrected chi connectivity index (χ4v) is 4.64. The summed E-state index contributed by atoms with van der Waals surface area (Å²) in [6.07, 6.45) is -4.69. The van der Waals surface area contributed by atoms with E-state index in [0.717, 1.165) is 0 Å². The smallest absolute Gasteiger partial charge is 0.407 e. The zero-order valence-corrected chi connectivity index (χ0v) is 22.7. The molecule has 42 heavy (non-hydrogen) atoms. The van der Waals surface area contributed by atoms with E-state index in [0.29, 0.717) is 45.9 Å². The second-order valence-electron chi connectivity index (χ2n) is 10.8. The molecule has 0 aliphatic heterocycles. The number of halogens is 4. The molecule has 0 spiro atoms. The highest BCUT2D eigenvalue weighted by atomic mass is 19.4. The number of carbonyl (C=O) groups is 2. The van der Waals surface area contributed by atoms with Crippen LogP contribution < -0.4 is 10.6 Å². The van der Waals surface area contributed by atoms with E-state index in [4.69, 9.17) is 10.4 Å². The summed E-state index contributed by atoms with van der Waals surface area (Å²) >= 11 is 0. The Hall–Kier alpha value is -4.45. The minimum absolute atomic E-state index is 0.0648. The normalized spacial score (nSPS) is 17.7. The molecule has 0 bridgehead atoms. The quantitative estimate of drug-likeness (QED) is 0.259. The van der Waals surface area contributed by atoms with Crippen LogP contribution in [-0.2, 0) is 0 Å². The van der Waals surface area contributed by atoms with Crippen molar-refractivity contribution in [2.45, 2.75) is 50.7 Å². The average Bonchev–Trinajstić information content (AvgIpc) is 3.31. The summed E-state index contributed by atoms with van der Waals surface area (Å²) in [6, 6.07) is 8.42. The first-order chi connectivity index (χ1) is 19.6. The maximum Gasteiger partial charge on any atom is 0.407 e. The Morgan fingerprint density at radius 2 is 1.95 bits per heavy atom. The van der Waals surface area contributed by atoms with E-state index in [1.807, 2.05) is 6.07 Å². The number of carbonyl (C=O) groups excluding carboxylic acids is 1. The van der Waals surface area contributed by atoms with E-state index in [2.05, 4.69) is 20.7 Å². The van der Waals surface area contributed by atoms with E-state index < -0.39 is 43.0 Å². The molecule has 1 aliphatic carbocycles. The zero-order chi connectivity index (χ0) is 30.8. The summed E-state index contributed by atoms with van der Waals surface area (Å²) in [6.45, 7) is 0.229. The molecule has 2 amide bonds. The van der Waals surface area contributed by atoms with E-state index in [-0.39, 0.29) is 24.1 Å². The van der Waals surface area contributed by atoms with Gasteiger partial charge in [-0.05, 0) is 56.9 Å². The highest BCUT2D eigenvalue weighted by Gasteiger charge is 2.37. The Balaban J connectivity index is 1.55. The van der Waals surface area contributed by atoms with Gasteiger partial charge in [-0.15, -0.1) is 0 Å². The fraction of sp³-hybridized carbons (Fsp3) is 0.444. The van der Waals surface area contributed by atoms with Crippen LogP contribution in [0, 0.1) is 17.2 Å². The Bertz CT molecular complexity index is 1510. The molecule has 3 heterocycles. The maximum absolute atomic E-state index is 14.3. The first-order valence-electron chi connectivity index (χ1n) is 13.0. The number of nitriles is 1. The van der Waals surface area contributed by atoms with Crippen LogP contribution in [0.4, 0.5) is 28.0 Å². The highest BCUT2D eigenvalue weighted by molar-refractivity contribution is 6.00. The lowest BCUT2D eigenvalue weighted by Crippen LogP contribution is -2.46. The van der Waals surface area contributed by atoms with Crippen LogP contribution in [0.5, 0.6) is 0 Å². The van der Waals surface area contributed by atoms with Gasteiger partial charge in [0.05, 0.1) is 52.1 Å². The van der Waals surface area contributed by atoms with Gasteiger partial charge in [0.25, 0.3) is 5.91 Å². The van der Waals surface area contributed by atoms with Gasteiger partial charge in [0.15, 0.2) is 0 Å². The molecule has 3 aromatic rings. The van der Waals surface area contributed by atoms with Gasteiger partial charge in [-0.1, -0.05) is 0 Å². The number of anilines is 1. The van der Waals surface area contributed by atoms with Crippen LogP contribution in [0.1, 0.15) is 42.6 Å². The van der Waals surface area contributed by atoms with Crippen molar-refractivity contribution in [3.8, 4) is 17.5 Å². The molecule has 4 rings (SSSR count). The molecule has 1 fully saturated rings. The summed E-state index contributed by atoms with van der Waals surface area (Å²) in [5.74, 6) is -0.995. The van der Waals surface area contributed by atoms with Crippen LogP contribution in [0.15, 0.2) is 36.7 Å². The predicted octanol–water partition coefficient (Wildman–Crippen LogP) is 3.84. The van der Waals surface area contributed by atoms with Crippen molar-refractivity contribution in [1.29, 1.82) is 5.26 Å². The van der Waals surface area contributed by atoms with Gasteiger partial charge >= 0.3 is 12.3 Å². The van der Waals surface area contributed by atoms with Crippen molar-refractivity contribution in [2.24, 2.45) is 5.92 Å². The van der Waals surface area contributed by atoms with Crippen LogP contribution in [0.2, 0.25) is 0 Å². The van der Waals surface area contributed by atoms with Crippen molar-refractivity contribution < 1.29 is 37.4 Å². The molecule has 0 saturated heterocycles. The SMILES string of the molecule is CC(C)(O)[C@H](F)CNC(=O)c1cnc(-c2ccc3cc(C#N)cnn23)cc1NC1CC(CN(CC(F)(F)F)C(=O)O)C1. The number of hydrogen-bond acceptors (Lipinski definition) is 7.